The second-order valence-corrected chi connectivity index (χ2v) is 7.01. The number of carbonyl (C=O) groups excluding carboxylic acids is 1. The maximum absolute atomic E-state index is 12.3. The number of halogens is 1. The number of rotatable bonds is 6. The molecule has 0 saturated carbocycles. The molecule has 0 fully saturated rings. The Hall–Kier alpha value is -1.20. The van der Waals surface area contributed by atoms with Crippen molar-refractivity contribution in [1.82, 2.24) is 9.88 Å². The molecule has 0 N–H and O–H groups in total. The lowest BCUT2D eigenvalue weighted by molar-refractivity contribution is -0.130. The fourth-order valence-corrected chi connectivity index (χ4v) is 3.45. The van der Waals surface area contributed by atoms with Crippen LogP contribution in [0.1, 0.15) is 17.4 Å². The number of hydrogen-bond acceptors (Lipinski definition) is 3. The van der Waals surface area contributed by atoms with E-state index in [0.29, 0.717) is 6.42 Å². The molecule has 0 aromatic carbocycles. The summed E-state index contributed by atoms with van der Waals surface area (Å²) in [5.41, 5.74) is 1.21. The number of pyridine rings is 1. The van der Waals surface area contributed by atoms with E-state index in [1.54, 1.807) is 23.7 Å². The van der Waals surface area contributed by atoms with E-state index in [4.69, 9.17) is 0 Å². The summed E-state index contributed by atoms with van der Waals surface area (Å²) >= 11 is 5.04. The van der Waals surface area contributed by atoms with E-state index < -0.39 is 0 Å². The third kappa shape index (κ3) is 4.42. The van der Waals surface area contributed by atoms with Crippen molar-refractivity contribution in [2.45, 2.75) is 19.8 Å². The number of nitrogens with zero attached hydrogens (tertiary/aromatic N) is 2. The highest BCUT2D eigenvalue weighted by molar-refractivity contribution is 9.11. The summed E-state index contributed by atoms with van der Waals surface area (Å²) in [5, 5.41) is 0. The summed E-state index contributed by atoms with van der Waals surface area (Å²) in [7, 11) is 0. The van der Waals surface area contributed by atoms with Crippen LogP contribution < -0.4 is 0 Å². The van der Waals surface area contributed by atoms with E-state index in [-0.39, 0.29) is 5.91 Å². The van der Waals surface area contributed by atoms with Crippen LogP contribution in [0.15, 0.2) is 40.4 Å². The SMILES string of the molecule is CCN(CCc1ccncc1)C(=O)Cc1ccc(Br)s1. The molecule has 0 spiro atoms. The van der Waals surface area contributed by atoms with Crippen LogP contribution in [0, 0.1) is 0 Å². The summed E-state index contributed by atoms with van der Waals surface area (Å²) in [4.78, 5) is 19.3. The second kappa shape index (κ2) is 7.55. The van der Waals surface area contributed by atoms with Crippen LogP contribution in [0.5, 0.6) is 0 Å². The van der Waals surface area contributed by atoms with Gasteiger partial charge in [-0.25, -0.2) is 0 Å². The zero-order valence-electron chi connectivity index (χ0n) is 11.4. The first-order valence-corrected chi connectivity index (χ1v) is 8.21. The lowest BCUT2D eigenvalue weighted by Gasteiger charge is -2.20. The van der Waals surface area contributed by atoms with Gasteiger partial charge < -0.3 is 4.90 Å². The molecule has 0 aliphatic carbocycles. The zero-order valence-corrected chi connectivity index (χ0v) is 13.8. The standard InChI is InChI=1S/C15H17BrN2OS/c1-2-18(10-7-12-5-8-17-9-6-12)15(19)11-13-3-4-14(16)20-13/h3-6,8-9H,2,7,10-11H2,1H3. The van der Waals surface area contributed by atoms with E-state index in [0.717, 1.165) is 28.2 Å². The molecule has 0 unspecified atom stereocenters. The summed E-state index contributed by atoms with van der Waals surface area (Å²) < 4.78 is 1.07. The first-order valence-electron chi connectivity index (χ1n) is 6.60. The molecule has 0 saturated heterocycles. The third-order valence-electron chi connectivity index (χ3n) is 3.11. The van der Waals surface area contributed by atoms with Crippen molar-refractivity contribution in [3.05, 3.63) is 50.9 Å². The first kappa shape index (κ1) is 15.2. The Morgan fingerprint density at radius 3 is 2.65 bits per heavy atom. The molecular formula is C15H17BrN2OS. The molecule has 2 aromatic rings. The Labute approximate surface area is 131 Å². The normalized spacial score (nSPS) is 10.5. The number of likely N-dealkylation sites (N-methyl/N-ethyl adjacent to an activating group) is 1. The largest absolute Gasteiger partial charge is 0.342 e. The Morgan fingerprint density at radius 1 is 1.30 bits per heavy atom. The molecule has 0 atom stereocenters. The van der Waals surface area contributed by atoms with Gasteiger partial charge in [0.15, 0.2) is 0 Å². The molecule has 2 rings (SSSR count). The fraction of sp³-hybridized carbons (Fsp3) is 0.333. The number of carbonyl (C=O) groups is 1. The van der Waals surface area contributed by atoms with Crippen LogP contribution >= 0.6 is 27.3 Å². The number of thiophene rings is 1. The Morgan fingerprint density at radius 2 is 2.05 bits per heavy atom. The van der Waals surface area contributed by atoms with Crippen molar-refractivity contribution in [2.24, 2.45) is 0 Å². The van der Waals surface area contributed by atoms with Crippen LogP contribution in [-0.4, -0.2) is 28.9 Å². The molecule has 3 nitrogen and oxygen atoms in total. The molecule has 5 heteroatoms. The van der Waals surface area contributed by atoms with Gasteiger partial charge in [0.05, 0.1) is 10.2 Å². The van der Waals surface area contributed by atoms with Crippen molar-refractivity contribution >= 4 is 33.2 Å². The van der Waals surface area contributed by atoms with Crippen LogP contribution in [0.4, 0.5) is 0 Å². The lowest BCUT2D eigenvalue weighted by atomic mass is 10.2. The highest BCUT2D eigenvalue weighted by Gasteiger charge is 2.13. The van der Waals surface area contributed by atoms with Gasteiger partial charge in [0.25, 0.3) is 0 Å². The molecule has 0 aliphatic rings. The number of amides is 1. The van der Waals surface area contributed by atoms with E-state index in [9.17, 15) is 4.79 Å². The van der Waals surface area contributed by atoms with E-state index in [2.05, 4.69) is 20.9 Å². The summed E-state index contributed by atoms with van der Waals surface area (Å²) in [6.45, 7) is 3.52. The molecule has 2 heterocycles. The molecule has 1 amide bonds. The van der Waals surface area contributed by atoms with E-state index in [1.165, 1.54) is 5.56 Å². The van der Waals surface area contributed by atoms with Crippen molar-refractivity contribution in [2.75, 3.05) is 13.1 Å². The average Bonchev–Trinajstić information content (AvgIpc) is 2.86. The van der Waals surface area contributed by atoms with Gasteiger partial charge in [-0.3, -0.25) is 9.78 Å². The Bertz CT molecular complexity index is 556. The molecule has 2 aromatic heterocycles. The number of aromatic nitrogens is 1. The number of hydrogen-bond donors (Lipinski definition) is 0. The van der Waals surface area contributed by atoms with Crippen molar-refractivity contribution in [3.8, 4) is 0 Å². The molecule has 106 valence electrons. The molecule has 0 bridgehead atoms. The van der Waals surface area contributed by atoms with Crippen LogP contribution in [-0.2, 0) is 17.6 Å². The lowest BCUT2D eigenvalue weighted by Crippen LogP contribution is -2.33. The maximum atomic E-state index is 12.3. The third-order valence-corrected chi connectivity index (χ3v) is 4.73. The Kier molecular flexibility index (Phi) is 5.73. The predicted molar refractivity (Wildman–Crippen MR) is 85.9 cm³/mol. The van der Waals surface area contributed by atoms with E-state index in [1.807, 2.05) is 36.1 Å². The quantitative estimate of drug-likeness (QED) is 0.796. The highest BCUT2D eigenvalue weighted by Crippen LogP contribution is 2.22. The van der Waals surface area contributed by atoms with Gasteiger partial charge in [0.1, 0.15) is 0 Å². The van der Waals surface area contributed by atoms with Crippen LogP contribution in [0.25, 0.3) is 0 Å². The summed E-state index contributed by atoms with van der Waals surface area (Å²) in [6.07, 6.45) is 4.93. The minimum atomic E-state index is 0.191. The second-order valence-electron chi connectivity index (χ2n) is 4.46. The highest BCUT2D eigenvalue weighted by atomic mass is 79.9. The average molecular weight is 353 g/mol. The predicted octanol–water partition coefficient (Wildman–Crippen LogP) is 3.54. The van der Waals surface area contributed by atoms with Crippen molar-refractivity contribution in [3.63, 3.8) is 0 Å². The Balaban J connectivity index is 1.89. The van der Waals surface area contributed by atoms with Gasteiger partial charge in [-0.05, 0) is 59.1 Å². The minimum absolute atomic E-state index is 0.191. The van der Waals surface area contributed by atoms with E-state index >= 15 is 0 Å². The molecule has 0 radical (unpaired) electrons. The van der Waals surface area contributed by atoms with Crippen molar-refractivity contribution in [1.29, 1.82) is 0 Å². The van der Waals surface area contributed by atoms with Crippen LogP contribution in [0.2, 0.25) is 0 Å². The molecular weight excluding hydrogens is 336 g/mol. The van der Waals surface area contributed by atoms with Gasteiger partial charge in [0, 0.05) is 30.4 Å². The summed E-state index contributed by atoms with van der Waals surface area (Å²) in [6, 6.07) is 7.98. The van der Waals surface area contributed by atoms with Crippen LogP contribution in [0.3, 0.4) is 0 Å². The topological polar surface area (TPSA) is 33.2 Å². The van der Waals surface area contributed by atoms with Crippen molar-refractivity contribution < 1.29 is 4.79 Å². The monoisotopic (exact) mass is 352 g/mol. The molecule has 0 aliphatic heterocycles. The summed E-state index contributed by atoms with van der Waals surface area (Å²) in [5.74, 6) is 0.191. The van der Waals surface area contributed by atoms with Gasteiger partial charge in [-0.15, -0.1) is 11.3 Å². The minimum Gasteiger partial charge on any atom is -0.342 e. The van der Waals surface area contributed by atoms with Gasteiger partial charge in [-0.2, -0.15) is 0 Å². The molecule has 20 heavy (non-hydrogen) atoms. The first-order chi connectivity index (χ1) is 9.69. The zero-order chi connectivity index (χ0) is 14.4. The van der Waals surface area contributed by atoms with Gasteiger partial charge >= 0.3 is 0 Å². The smallest absolute Gasteiger partial charge is 0.227 e. The van der Waals surface area contributed by atoms with Gasteiger partial charge in [0.2, 0.25) is 5.91 Å². The maximum Gasteiger partial charge on any atom is 0.227 e. The fourth-order valence-electron chi connectivity index (χ4n) is 1.98. The van der Waals surface area contributed by atoms with Gasteiger partial charge in [-0.1, -0.05) is 0 Å².